The summed E-state index contributed by atoms with van der Waals surface area (Å²) in [5.74, 6) is 0. The number of aliphatic hydroxyl groups excluding tert-OH is 1. The number of rotatable bonds is 3. The Labute approximate surface area is 58.1 Å². The van der Waals surface area contributed by atoms with Crippen LogP contribution in [-0.2, 0) is 6.54 Å². The maximum Gasteiger partial charge on any atom is 0.325 e. The fourth-order valence-electron chi connectivity index (χ4n) is 0.766. The van der Waals surface area contributed by atoms with Crippen LogP contribution in [0.1, 0.15) is 6.42 Å². The molecule has 0 amide bonds. The third-order valence-electron chi connectivity index (χ3n) is 1.28. The molecule has 0 unspecified atom stereocenters. The van der Waals surface area contributed by atoms with Gasteiger partial charge in [-0.05, 0) is 6.42 Å². The average molecular weight is 142 g/mol. The fraction of sp³-hybridized carbons (Fsp3) is 0.500. The van der Waals surface area contributed by atoms with E-state index in [-0.39, 0.29) is 12.3 Å². The minimum atomic E-state index is -0.117. The van der Waals surface area contributed by atoms with Crippen LogP contribution < -0.4 is 5.69 Å². The summed E-state index contributed by atoms with van der Waals surface area (Å²) in [6.45, 7) is 0.705. The highest BCUT2D eigenvalue weighted by Crippen LogP contribution is 1.83. The number of nitrogens with zero attached hydrogens (tertiary/aromatic N) is 1. The Kier molecular flexibility index (Phi) is 2.28. The summed E-state index contributed by atoms with van der Waals surface area (Å²) in [7, 11) is 0. The van der Waals surface area contributed by atoms with E-state index < -0.39 is 0 Å². The van der Waals surface area contributed by atoms with Crippen molar-refractivity contribution in [2.75, 3.05) is 6.61 Å². The molecule has 1 aromatic heterocycles. The standard InChI is InChI=1S/C6H10N2O2/c9-5-1-3-8-4-2-7-6(8)10/h2,4,9H,1,3,5H2,(H,7,10). The quantitative estimate of drug-likeness (QED) is 0.601. The number of nitrogens with one attached hydrogen (secondary N) is 1. The Bertz CT molecular complexity index is 238. The summed E-state index contributed by atoms with van der Waals surface area (Å²) < 4.78 is 1.52. The molecule has 0 radical (unpaired) electrons. The third-order valence-corrected chi connectivity index (χ3v) is 1.28. The van der Waals surface area contributed by atoms with Crippen molar-refractivity contribution < 1.29 is 5.11 Å². The second-order valence-corrected chi connectivity index (χ2v) is 2.04. The molecule has 0 saturated heterocycles. The lowest BCUT2D eigenvalue weighted by Crippen LogP contribution is -2.16. The normalized spacial score (nSPS) is 10.1. The molecule has 1 heterocycles. The lowest BCUT2D eigenvalue weighted by Gasteiger charge is -1.95. The predicted molar refractivity (Wildman–Crippen MR) is 36.8 cm³/mol. The van der Waals surface area contributed by atoms with Crippen LogP contribution in [0.2, 0.25) is 0 Å². The van der Waals surface area contributed by atoms with Crippen LogP contribution in [-0.4, -0.2) is 21.3 Å². The van der Waals surface area contributed by atoms with Crippen LogP contribution in [0.25, 0.3) is 0 Å². The lowest BCUT2D eigenvalue weighted by molar-refractivity contribution is 0.279. The van der Waals surface area contributed by atoms with Crippen LogP contribution in [0, 0.1) is 0 Å². The third kappa shape index (κ3) is 1.48. The van der Waals surface area contributed by atoms with Gasteiger partial charge in [0.05, 0.1) is 0 Å². The first-order valence-electron chi connectivity index (χ1n) is 3.19. The van der Waals surface area contributed by atoms with Gasteiger partial charge < -0.3 is 10.1 Å². The summed E-state index contributed by atoms with van der Waals surface area (Å²) in [6.07, 6.45) is 3.87. The molecule has 0 aliphatic heterocycles. The molecular formula is C6H10N2O2. The summed E-state index contributed by atoms with van der Waals surface area (Å²) in [6, 6.07) is 0. The molecule has 0 atom stereocenters. The highest BCUT2D eigenvalue weighted by atomic mass is 16.3. The zero-order valence-corrected chi connectivity index (χ0v) is 5.58. The van der Waals surface area contributed by atoms with Crippen molar-refractivity contribution in [3.63, 3.8) is 0 Å². The number of H-pyrrole nitrogens is 1. The Balaban J connectivity index is 2.57. The van der Waals surface area contributed by atoms with Crippen molar-refractivity contribution in [1.82, 2.24) is 9.55 Å². The molecule has 0 bridgehead atoms. The van der Waals surface area contributed by atoms with Crippen molar-refractivity contribution in [2.45, 2.75) is 13.0 Å². The Morgan fingerprint density at radius 3 is 3.00 bits per heavy atom. The van der Waals surface area contributed by atoms with Crippen molar-refractivity contribution in [3.8, 4) is 0 Å². The molecule has 0 spiro atoms. The summed E-state index contributed by atoms with van der Waals surface area (Å²) in [5.41, 5.74) is -0.117. The van der Waals surface area contributed by atoms with E-state index in [9.17, 15) is 4.79 Å². The van der Waals surface area contributed by atoms with Gasteiger partial charge in [0, 0.05) is 25.5 Å². The first-order valence-corrected chi connectivity index (χ1v) is 3.19. The van der Waals surface area contributed by atoms with Gasteiger partial charge in [-0.25, -0.2) is 4.79 Å². The fourth-order valence-corrected chi connectivity index (χ4v) is 0.766. The molecule has 0 aliphatic carbocycles. The lowest BCUT2D eigenvalue weighted by atomic mass is 10.4. The molecule has 4 heteroatoms. The molecule has 1 rings (SSSR count). The zero-order chi connectivity index (χ0) is 7.40. The molecule has 0 aliphatic rings. The number of hydrogen-bond acceptors (Lipinski definition) is 2. The highest BCUT2D eigenvalue weighted by Gasteiger charge is 1.92. The molecule has 0 aromatic carbocycles. The summed E-state index contributed by atoms with van der Waals surface area (Å²) in [4.78, 5) is 13.3. The average Bonchev–Trinajstić information content (AvgIpc) is 2.31. The van der Waals surface area contributed by atoms with E-state index in [4.69, 9.17) is 5.11 Å². The van der Waals surface area contributed by atoms with Gasteiger partial charge in [0.1, 0.15) is 0 Å². The van der Waals surface area contributed by atoms with E-state index in [0.717, 1.165) is 0 Å². The van der Waals surface area contributed by atoms with Crippen molar-refractivity contribution in [3.05, 3.63) is 22.9 Å². The zero-order valence-electron chi connectivity index (χ0n) is 5.58. The highest BCUT2D eigenvalue weighted by molar-refractivity contribution is 4.75. The van der Waals surface area contributed by atoms with Gasteiger partial charge >= 0.3 is 5.69 Å². The number of aliphatic hydroxyl groups is 1. The van der Waals surface area contributed by atoms with Crippen LogP contribution in [0.15, 0.2) is 17.2 Å². The van der Waals surface area contributed by atoms with Gasteiger partial charge in [0.2, 0.25) is 0 Å². The second-order valence-electron chi connectivity index (χ2n) is 2.04. The van der Waals surface area contributed by atoms with Crippen molar-refractivity contribution >= 4 is 0 Å². The molecule has 2 N–H and O–H groups in total. The maximum atomic E-state index is 10.8. The Hall–Kier alpha value is -1.03. The van der Waals surface area contributed by atoms with E-state index in [1.54, 1.807) is 12.4 Å². The number of aromatic nitrogens is 2. The van der Waals surface area contributed by atoms with Gasteiger partial charge in [-0.2, -0.15) is 0 Å². The van der Waals surface area contributed by atoms with Crippen molar-refractivity contribution in [1.29, 1.82) is 0 Å². The topological polar surface area (TPSA) is 58.0 Å². The van der Waals surface area contributed by atoms with Crippen LogP contribution in [0.4, 0.5) is 0 Å². The van der Waals surface area contributed by atoms with E-state index >= 15 is 0 Å². The van der Waals surface area contributed by atoms with Crippen LogP contribution in [0.3, 0.4) is 0 Å². The molecular weight excluding hydrogens is 132 g/mol. The largest absolute Gasteiger partial charge is 0.396 e. The van der Waals surface area contributed by atoms with Crippen LogP contribution >= 0.6 is 0 Å². The van der Waals surface area contributed by atoms with Gasteiger partial charge in [-0.1, -0.05) is 0 Å². The number of aryl methyl sites for hydroxylation is 1. The molecule has 0 saturated carbocycles. The molecule has 56 valence electrons. The van der Waals surface area contributed by atoms with E-state index in [1.807, 2.05) is 0 Å². The Morgan fingerprint density at radius 1 is 1.70 bits per heavy atom. The molecule has 10 heavy (non-hydrogen) atoms. The van der Waals surface area contributed by atoms with Gasteiger partial charge in [-0.3, -0.25) is 4.57 Å². The van der Waals surface area contributed by atoms with E-state index in [1.165, 1.54) is 4.57 Å². The minimum absolute atomic E-state index is 0.117. The minimum Gasteiger partial charge on any atom is -0.396 e. The number of hydrogen-bond donors (Lipinski definition) is 2. The monoisotopic (exact) mass is 142 g/mol. The Morgan fingerprint density at radius 2 is 2.50 bits per heavy atom. The van der Waals surface area contributed by atoms with Crippen LogP contribution in [0.5, 0.6) is 0 Å². The van der Waals surface area contributed by atoms with E-state index in [2.05, 4.69) is 4.98 Å². The van der Waals surface area contributed by atoms with Gasteiger partial charge in [0.15, 0.2) is 0 Å². The first-order chi connectivity index (χ1) is 4.84. The number of imidazole rings is 1. The second kappa shape index (κ2) is 3.22. The van der Waals surface area contributed by atoms with E-state index in [0.29, 0.717) is 13.0 Å². The van der Waals surface area contributed by atoms with Gasteiger partial charge in [0.25, 0.3) is 0 Å². The predicted octanol–water partition coefficient (Wildman–Crippen LogP) is -0.441. The van der Waals surface area contributed by atoms with Crippen molar-refractivity contribution in [2.24, 2.45) is 0 Å². The first kappa shape index (κ1) is 7.08. The maximum absolute atomic E-state index is 10.8. The molecule has 4 nitrogen and oxygen atoms in total. The smallest absolute Gasteiger partial charge is 0.325 e. The summed E-state index contributed by atoms with van der Waals surface area (Å²) in [5, 5.41) is 8.43. The summed E-state index contributed by atoms with van der Waals surface area (Å²) >= 11 is 0. The van der Waals surface area contributed by atoms with Gasteiger partial charge in [-0.15, -0.1) is 0 Å². The molecule has 1 aromatic rings. The SMILES string of the molecule is O=c1[nH]ccn1CCCO. The molecule has 0 fully saturated rings. The number of aromatic amines is 1.